The Hall–Kier alpha value is -3.73. The molecule has 0 N–H and O–H groups in total. The number of thiophene rings is 1. The van der Waals surface area contributed by atoms with Crippen molar-refractivity contribution in [1.29, 1.82) is 0 Å². The molecule has 0 fully saturated rings. The monoisotopic (exact) mass is 825 g/mol. The quantitative estimate of drug-likeness (QED) is 0.131. The van der Waals surface area contributed by atoms with Gasteiger partial charge in [0.25, 0.3) is 0 Å². The van der Waals surface area contributed by atoms with Gasteiger partial charge in [0.1, 0.15) is 0 Å². The average Bonchev–Trinajstić information content (AvgIpc) is 3.43. The van der Waals surface area contributed by atoms with Gasteiger partial charge in [0.2, 0.25) is 0 Å². The summed E-state index contributed by atoms with van der Waals surface area (Å²) < 4.78 is 2.55. The molecule has 0 unspecified atom stereocenters. The van der Waals surface area contributed by atoms with E-state index >= 15 is 0 Å². The maximum Gasteiger partial charge on any atom is 0.0798 e. The largest absolute Gasteiger partial charge is 0.305 e. The molecule has 5 heteroatoms. The minimum atomic E-state index is -1.27. The first-order valence-electron chi connectivity index (χ1n) is 15.8. The maximum atomic E-state index is 4.68. The van der Waals surface area contributed by atoms with Crippen LogP contribution >= 0.6 is 11.3 Å². The molecular weight excluding hydrogens is 785 g/mol. The molecule has 4 aromatic carbocycles. The molecule has 7 aromatic rings. The van der Waals surface area contributed by atoms with Crippen LogP contribution in [-0.4, -0.2) is 18.0 Å². The number of aryl methyl sites for hydroxylation is 1. The molecule has 0 saturated carbocycles. The first-order valence-corrected chi connectivity index (χ1v) is 20.1. The summed E-state index contributed by atoms with van der Waals surface area (Å²) in [7, 11) is -1.27. The summed E-state index contributed by atoms with van der Waals surface area (Å²) in [6.45, 7) is 16.0. The van der Waals surface area contributed by atoms with E-state index in [4.69, 9.17) is 0 Å². The van der Waals surface area contributed by atoms with Crippen molar-refractivity contribution in [2.75, 3.05) is 0 Å². The molecular formula is C42H40IrN2SSi-2. The van der Waals surface area contributed by atoms with Gasteiger partial charge in [-0.1, -0.05) is 99.9 Å². The van der Waals surface area contributed by atoms with Crippen molar-refractivity contribution in [3.8, 4) is 33.6 Å². The molecule has 239 valence electrons. The molecule has 7 rings (SSSR count). The molecule has 0 aliphatic carbocycles. The number of hydrogen-bond acceptors (Lipinski definition) is 3. The van der Waals surface area contributed by atoms with Crippen LogP contribution in [0.25, 0.3) is 53.8 Å². The van der Waals surface area contributed by atoms with E-state index in [-0.39, 0.29) is 25.5 Å². The van der Waals surface area contributed by atoms with Gasteiger partial charge in [-0.3, -0.25) is 0 Å². The van der Waals surface area contributed by atoms with Crippen molar-refractivity contribution in [3.05, 3.63) is 139 Å². The topological polar surface area (TPSA) is 25.8 Å². The smallest absolute Gasteiger partial charge is 0.0798 e. The Balaban J connectivity index is 0.000000207. The Morgan fingerprint density at radius 3 is 2.15 bits per heavy atom. The molecule has 3 aromatic heterocycles. The van der Waals surface area contributed by atoms with Gasteiger partial charge in [-0.05, 0) is 73.9 Å². The van der Waals surface area contributed by atoms with Crippen LogP contribution in [0.4, 0.5) is 0 Å². The molecule has 47 heavy (non-hydrogen) atoms. The first-order chi connectivity index (χ1) is 22.0. The second-order valence-corrected chi connectivity index (χ2v) is 20.0. The Labute approximate surface area is 298 Å². The zero-order valence-corrected chi connectivity index (χ0v) is 32.3. The van der Waals surface area contributed by atoms with Gasteiger partial charge in [-0.2, -0.15) is 11.3 Å². The van der Waals surface area contributed by atoms with Gasteiger partial charge in [0, 0.05) is 37.2 Å². The number of pyridine rings is 2. The van der Waals surface area contributed by atoms with E-state index in [2.05, 4.69) is 154 Å². The second kappa shape index (κ2) is 14.2. The minimum absolute atomic E-state index is 0. The Bertz CT molecular complexity index is 2120. The number of fused-ring (bicyclic) bond motifs is 3. The molecule has 0 atom stereocenters. The van der Waals surface area contributed by atoms with Crippen molar-refractivity contribution in [2.24, 2.45) is 0 Å². The van der Waals surface area contributed by atoms with Crippen molar-refractivity contribution < 1.29 is 20.1 Å². The summed E-state index contributed by atoms with van der Waals surface area (Å²) in [6, 6.07) is 42.7. The fourth-order valence-corrected chi connectivity index (χ4v) is 8.71. The van der Waals surface area contributed by atoms with E-state index in [9.17, 15) is 0 Å². The van der Waals surface area contributed by atoms with Crippen molar-refractivity contribution >= 4 is 44.8 Å². The summed E-state index contributed by atoms with van der Waals surface area (Å²) in [6.07, 6.45) is 3.97. The summed E-state index contributed by atoms with van der Waals surface area (Å²) in [5.41, 5.74) is 9.41. The van der Waals surface area contributed by atoms with Crippen LogP contribution in [0.15, 0.2) is 116 Å². The third kappa shape index (κ3) is 7.71. The zero-order chi connectivity index (χ0) is 32.5. The molecule has 0 aliphatic rings. The fraction of sp³-hybridized carbons (Fsp3) is 0.190. The number of hydrogen-bond donors (Lipinski definition) is 0. The maximum absolute atomic E-state index is 4.68. The summed E-state index contributed by atoms with van der Waals surface area (Å²) >= 11 is 1.83. The minimum Gasteiger partial charge on any atom is -0.305 e. The molecule has 0 amide bonds. The molecule has 1 radical (unpaired) electrons. The van der Waals surface area contributed by atoms with Crippen LogP contribution in [0.3, 0.4) is 0 Å². The van der Waals surface area contributed by atoms with Gasteiger partial charge in [-0.25, -0.2) is 0 Å². The van der Waals surface area contributed by atoms with E-state index in [0.29, 0.717) is 0 Å². The van der Waals surface area contributed by atoms with E-state index < -0.39 is 8.07 Å². The predicted molar refractivity (Wildman–Crippen MR) is 202 cm³/mol. The van der Waals surface area contributed by atoms with Crippen molar-refractivity contribution in [2.45, 2.75) is 52.8 Å². The Kier molecular flexibility index (Phi) is 10.4. The molecule has 0 spiro atoms. The Morgan fingerprint density at radius 1 is 0.702 bits per heavy atom. The summed E-state index contributed by atoms with van der Waals surface area (Å²) in [5.74, 6) is 0. The Morgan fingerprint density at radius 2 is 1.47 bits per heavy atom. The van der Waals surface area contributed by atoms with Crippen molar-refractivity contribution in [3.63, 3.8) is 0 Å². The normalized spacial score (nSPS) is 11.6. The molecule has 3 heterocycles. The predicted octanol–water partition coefficient (Wildman–Crippen LogP) is 11.3. The standard InChI is InChI=1S/C27H22NS.C15H18NSi.Ir/c1-27(2,3)20-14-15-28-24(17-20)22-11-7-10-21-23-16-19(18-8-5-4-6-9-18)12-13-25(23)29-26(21)22;1-12-10-14(13-8-6-5-7-9-13)16-11-15(12)17(2,3)4;/h4-10,12-17H,1-3H3;5-8,10-11H,1-4H3;/q2*-1;. The van der Waals surface area contributed by atoms with E-state index in [1.165, 1.54) is 47.6 Å². The SMILES string of the molecule is CC(C)(C)c1ccnc(-c2[c-]ccc3c2sc2ccc(-c4ccccc4)cc23)c1.Cc1cc(-c2[c-]cccc2)ncc1[Si](C)(C)C.[Ir]. The van der Waals surface area contributed by atoms with E-state index in [0.717, 1.165) is 22.5 Å². The average molecular weight is 825 g/mol. The van der Waals surface area contributed by atoms with Crippen LogP contribution in [0.5, 0.6) is 0 Å². The van der Waals surface area contributed by atoms with Crippen LogP contribution in [-0.2, 0) is 25.5 Å². The van der Waals surface area contributed by atoms with E-state index in [1.807, 2.05) is 41.8 Å². The van der Waals surface area contributed by atoms with Crippen LogP contribution in [0.1, 0.15) is 31.9 Å². The van der Waals surface area contributed by atoms with Crippen molar-refractivity contribution in [1.82, 2.24) is 9.97 Å². The second-order valence-electron chi connectivity index (χ2n) is 13.9. The number of rotatable bonds is 4. The number of nitrogens with zero attached hydrogens (tertiary/aromatic N) is 2. The number of benzene rings is 4. The summed E-state index contributed by atoms with van der Waals surface area (Å²) in [5, 5.41) is 4.02. The van der Waals surface area contributed by atoms with Crippen LogP contribution < -0.4 is 5.19 Å². The third-order valence-corrected chi connectivity index (χ3v) is 11.7. The fourth-order valence-electron chi connectivity index (χ4n) is 5.82. The van der Waals surface area contributed by atoms with Crippen LogP contribution in [0, 0.1) is 19.1 Å². The molecule has 0 saturated heterocycles. The van der Waals surface area contributed by atoms with Crippen LogP contribution in [0.2, 0.25) is 19.6 Å². The van der Waals surface area contributed by atoms with Gasteiger partial charge in [0.15, 0.2) is 0 Å². The van der Waals surface area contributed by atoms with E-state index in [1.54, 1.807) is 0 Å². The molecule has 2 nitrogen and oxygen atoms in total. The summed E-state index contributed by atoms with van der Waals surface area (Å²) in [4.78, 5) is 9.26. The number of aromatic nitrogens is 2. The zero-order valence-electron chi connectivity index (χ0n) is 28.1. The molecule has 0 aliphatic heterocycles. The van der Waals surface area contributed by atoms with Gasteiger partial charge >= 0.3 is 0 Å². The first kappa shape index (κ1) is 34.6. The van der Waals surface area contributed by atoms with Gasteiger partial charge in [-0.15, -0.1) is 59.7 Å². The molecule has 0 bridgehead atoms. The van der Waals surface area contributed by atoms with Gasteiger partial charge < -0.3 is 9.97 Å². The van der Waals surface area contributed by atoms with Gasteiger partial charge in [0.05, 0.1) is 8.07 Å². The third-order valence-electron chi connectivity index (χ3n) is 8.32.